The molecule has 2 N–H and O–H groups in total. The minimum Gasteiger partial charge on any atom is -0.507 e. The largest absolute Gasteiger partial charge is 0.507 e. The fourth-order valence-corrected chi connectivity index (χ4v) is 4.24. The second kappa shape index (κ2) is 13.0. The summed E-state index contributed by atoms with van der Waals surface area (Å²) < 4.78 is 14.9. The highest BCUT2D eigenvalue weighted by atomic mass is 32.1. The fourth-order valence-electron chi connectivity index (χ4n) is 3.24. The van der Waals surface area contributed by atoms with Crippen molar-refractivity contribution in [1.82, 2.24) is 5.32 Å². The van der Waals surface area contributed by atoms with Gasteiger partial charge in [0.05, 0.1) is 13.7 Å². The maximum atomic E-state index is 12.8. The number of amides is 1. The van der Waals surface area contributed by atoms with E-state index >= 15 is 0 Å². The maximum Gasteiger partial charge on any atom is 0.410 e. The first-order valence-electron chi connectivity index (χ1n) is 10.7. The van der Waals surface area contributed by atoms with E-state index in [1.807, 2.05) is 19.1 Å². The Balaban J connectivity index is 1.97. The molecule has 0 aromatic carbocycles. The SMILES string of the molecule is COCc1ccc(CCC(C)C(=O)c2c(O)cc(C(C)CC/C=C/NC(=O)OC)oc2=O)s1. The minimum atomic E-state index is -0.824. The number of carbonyl (C=O) groups is 2. The lowest BCUT2D eigenvalue weighted by Gasteiger charge is -2.13. The Morgan fingerprint density at radius 2 is 1.94 bits per heavy atom. The number of allylic oxidation sites excluding steroid dienone is 1. The number of methoxy groups -OCH3 is 2. The molecule has 2 atom stereocenters. The summed E-state index contributed by atoms with van der Waals surface area (Å²) >= 11 is 1.63. The predicted octanol–water partition coefficient (Wildman–Crippen LogP) is 4.76. The molecule has 2 rings (SSSR count). The van der Waals surface area contributed by atoms with E-state index in [9.17, 15) is 19.5 Å². The summed E-state index contributed by atoms with van der Waals surface area (Å²) in [6, 6.07) is 5.36. The number of Topliss-reactive ketones (excluding diaryl/α,β-unsaturated/α-hetero) is 1. The van der Waals surface area contributed by atoms with E-state index in [0.717, 1.165) is 9.75 Å². The normalized spacial score (nSPS) is 13.1. The van der Waals surface area contributed by atoms with Gasteiger partial charge in [0.15, 0.2) is 5.78 Å². The van der Waals surface area contributed by atoms with Crippen LogP contribution in [0.2, 0.25) is 0 Å². The number of thiophene rings is 1. The Kier molecular flexibility index (Phi) is 10.3. The second-order valence-corrected chi connectivity index (χ2v) is 9.07. The van der Waals surface area contributed by atoms with Gasteiger partial charge in [-0.05, 0) is 37.8 Å². The summed E-state index contributed by atoms with van der Waals surface area (Å²) in [7, 11) is 2.92. The van der Waals surface area contributed by atoms with Crippen molar-refractivity contribution in [2.45, 2.75) is 52.1 Å². The third kappa shape index (κ3) is 7.87. The molecule has 0 aliphatic carbocycles. The zero-order valence-corrected chi connectivity index (χ0v) is 20.2. The molecule has 2 aromatic rings. The Hall–Kier alpha value is -2.91. The average molecular weight is 478 g/mol. The van der Waals surface area contributed by atoms with Crippen molar-refractivity contribution in [3.05, 3.63) is 62.0 Å². The molecule has 180 valence electrons. The number of aromatic hydroxyl groups is 1. The lowest BCUT2D eigenvalue weighted by Crippen LogP contribution is -2.21. The van der Waals surface area contributed by atoms with Gasteiger partial charge in [-0.15, -0.1) is 11.3 Å². The van der Waals surface area contributed by atoms with E-state index < -0.39 is 23.4 Å². The maximum absolute atomic E-state index is 12.8. The molecular formula is C24H31NO7S. The highest BCUT2D eigenvalue weighted by molar-refractivity contribution is 7.11. The summed E-state index contributed by atoms with van der Waals surface area (Å²) in [5.41, 5.74) is -1.12. The molecule has 9 heteroatoms. The summed E-state index contributed by atoms with van der Waals surface area (Å²) in [6.45, 7) is 4.15. The Bertz CT molecular complexity index is 1020. The van der Waals surface area contributed by atoms with Crippen molar-refractivity contribution in [3.8, 4) is 5.75 Å². The van der Waals surface area contributed by atoms with Gasteiger partial charge in [0, 0.05) is 41.0 Å². The number of hydrogen-bond donors (Lipinski definition) is 2. The number of carbonyl (C=O) groups excluding carboxylic acids is 2. The molecule has 8 nitrogen and oxygen atoms in total. The van der Waals surface area contributed by atoms with Crippen LogP contribution < -0.4 is 10.9 Å². The van der Waals surface area contributed by atoms with Crippen LogP contribution in [0, 0.1) is 5.92 Å². The number of rotatable bonds is 12. The quantitative estimate of drug-likeness (QED) is 0.424. The third-order valence-corrected chi connectivity index (χ3v) is 6.35. The van der Waals surface area contributed by atoms with Crippen molar-refractivity contribution < 1.29 is 28.6 Å². The molecule has 1 amide bonds. The van der Waals surface area contributed by atoms with Crippen LogP contribution in [-0.4, -0.2) is 31.2 Å². The molecule has 0 saturated heterocycles. The summed E-state index contributed by atoms with van der Waals surface area (Å²) in [5.74, 6) is -1.09. The van der Waals surface area contributed by atoms with Crippen LogP contribution >= 0.6 is 11.3 Å². The van der Waals surface area contributed by atoms with Crippen molar-refractivity contribution in [2.75, 3.05) is 14.2 Å². The highest BCUT2D eigenvalue weighted by Crippen LogP contribution is 2.27. The lowest BCUT2D eigenvalue weighted by molar-refractivity contribution is 0.0916. The second-order valence-electron chi connectivity index (χ2n) is 7.82. The summed E-state index contributed by atoms with van der Waals surface area (Å²) in [4.78, 5) is 38.6. The molecule has 0 aliphatic rings. The van der Waals surface area contributed by atoms with Crippen molar-refractivity contribution >= 4 is 23.2 Å². The zero-order chi connectivity index (χ0) is 24.4. The van der Waals surface area contributed by atoms with Crippen molar-refractivity contribution in [3.63, 3.8) is 0 Å². The highest BCUT2D eigenvalue weighted by Gasteiger charge is 2.25. The zero-order valence-electron chi connectivity index (χ0n) is 19.4. The van der Waals surface area contributed by atoms with E-state index in [1.165, 1.54) is 19.4 Å². The Morgan fingerprint density at radius 3 is 2.61 bits per heavy atom. The number of ether oxygens (including phenoxy) is 2. The molecule has 0 bridgehead atoms. The van der Waals surface area contributed by atoms with Gasteiger partial charge in [-0.2, -0.15) is 0 Å². The molecule has 0 spiro atoms. The fraction of sp³-hybridized carbons (Fsp3) is 0.458. The number of aryl methyl sites for hydroxylation is 1. The number of ketones is 1. The number of nitrogens with one attached hydrogen (secondary N) is 1. The van der Waals surface area contributed by atoms with Gasteiger partial charge in [-0.25, -0.2) is 9.59 Å². The third-order valence-electron chi connectivity index (χ3n) is 5.23. The molecule has 2 unspecified atom stereocenters. The van der Waals surface area contributed by atoms with Crippen LogP contribution in [-0.2, 0) is 22.5 Å². The standard InChI is InChI=1S/C24H31NO7S/c1-15(7-5-6-12-25-24(29)31-4)20-13-19(26)21(23(28)32-20)22(27)16(2)8-9-17-10-11-18(33-17)14-30-3/h6,10-13,15-16,26H,5,7-9,14H2,1-4H3,(H,25,29)/b12-6+. The van der Waals surface area contributed by atoms with E-state index in [2.05, 4.69) is 10.1 Å². The van der Waals surface area contributed by atoms with Gasteiger partial charge in [-0.1, -0.05) is 19.9 Å². The molecule has 2 aromatic heterocycles. The smallest absolute Gasteiger partial charge is 0.410 e. The van der Waals surface area contributed by atoms with Crippen LogP contribution in [0.15, 0.2) is 39.7 Å². The number of hydrogen-bond acceptors (Lipinski definition) is 8. The number of alkyl carbamates (subject to hydrolysis) is 1. The molecule has 0 saturated carbocycles. The first kappa shape index (κ1) is 26.3. The molecular weight excluding hydrogens is 446 g/mol. The Morgan fingerprint density at radius 1 is 1.21 bits per heavy atom. The molecule has 0 fully saturated rings. The minimum absolute atomic E-state index is 0.173. The van der Waals surface area contributed by atoms with Crippen molar-refractivity contribution in [2.24, 2.45) is 5.92 Å². The Labute approximate surface area is 197 Å². The van der Waals surface area contributed by atoms with Crippen LogP contribution in [0.1, 0.15) is 64.9 Å². The van der Waals surface area contributed by atoms with Gasteiger partial charge < -0.3 is 19.0 Å². The average Bonchev–Trinajstić information content (AvgIpc) is 3.23. The van der Waals surface area contributed by atoms with Gasteiger partial charge in [-0.3, -0.25) is 10.1 Å². The first-order chi connectivity index (χ1) is 15.8. The van der Waals surface area contributed by atoms with E-state index in [-0.39, 0.29) is 17.2 Å². The van der Waals surface area contributed by atoms with E-state index in [1.54, 1.807) is 31.4 Å². The van der Waals surface area contributed by atoms with E-state index in [0.29, 0.717) is 38.1 Å². The topological polar surface area (TPSA) is 115 Å². The van der Waals surface area contributed by atoms with E-state index in [4.69, 9.17) is 9.15 Å². The molecule has 0 aliphatic heterocycles. The van der Waals surface area contributed by atoms with Gasteiger partial charge in [0.25, 0.3) is 0 Å². The molecule has 33 heavy (non-hydrogen) atoms. The van der Waals surface area contributed by atoms with Crippen LogP contribution in [0.25, 0.3) is 0 Å². The van der Waals surface area contributed by atoms with Crippen molar-refractivity contribution in [1.29, 1.82) is 0 Å². The first-order valence-corrected chi connectivity index (χ1v) is 11.6. The summed E-state index contributed by atoms with van der Waals surface area (Å²) in [5, 5.41) is 12.8. The summed E-state index contributed by atoms with van der Waals surface area (Å²) in [6.07, 6.45) is 5.12. The predicted molar refractivity (Wildman–Crippen MR) is 126 cm³/mol. The van der Waals surface area contributed by atoms with Crippen LogP contribution in [0.5, 0.6) is 5.75 Å². The van der Waals surface area contributed by atoms with Gasteiger partial charge in [0.2, 0.25) is 0 Å². The van der Waals surface area contributed by atoms with Crippen LogP contribution in [0.4, 0.5) is 4.79 Å². The molecule has 0 radical (unpaired) electrons. The van der Waals surface area contributed by atoms with Gasteiger partial charge >= 0.3 is 11.7 Å². The monoisotopic (exact) mass is 477 g/mol. The lowest BCUT2D eigenvalue weighted by atomic mass is 9.94. The van der Waals surface area contributed by atoms with Gasteiger partial charge in [0.1, 0.15) is 17.1 Å². The van der Waals surface area contributed by atoms with Crippen LogP contribution in [0.3, 0.4) is 0 Å². The molecule has 2 heterocycles.